The molecule has 0 bridgehead atoms. The fourth-order valence-electron chi connectivity index (χ4n) is 5.07. The van der Waals surface area contributed by atoms with Gasteiger partial charge in [0.15, 0.2) is 5.82 Å². The first-order valence-corrected chi connectivity index (χ1v) is 11.5. The number of nitrogens with zero attached hydrogens (tertiary/aromatic N) is 2. The smallest absolute Gasteiger partial charge is 0.160 e. The Morgan fingerprint density at radius 2 is 0.882 bits per heavy atom. The van der Waals surface area contributed by atoms with E-state index >= 15 is 0 Å². The summed E-state index contributed by atoms with van der Waals surface area (Å²) in [6.45, 7) is 0. The predicted octanol–water partition coefficient (Wildman–Crippen LogP) is 8.42. The molecule has 1 aromatic heterocycles. The number of benzene rings is 6. The summed E-state index contributed by atoms with van der Waals surface area (Å²) in [7, 11) is 0. The maximum Gasteiger partial charge on any atom is 0.160 e. The summed E-state index contributed by atoms with van der Waals surface area (Å²) < 4.78 is 0. The number of aromatic nitrogens is 2. The minimum atomic E-state index is 0.747. The zero-order chi connectivity index (χ0) is 22.5. The summed E-state index contributed by atoms with van der Waals surface area (Å²) in [5.74, 6) is 0.747. The average molecular weight is 433 g/mol. The van der Waals surface area contributed by atoms with Crippen molar-refractivity contribution in [3.8, 4) is 22.6 Å². The molecule has 6 aromatic carbocycles. The van der Waals surface area contributed by atoms with Crippen molar-refractivity contribution in [1.29, 1.82) is 0 Å². The lowest BCUT2D eigenvalue weighted by atomic mass is 9.93. The van der Waals surface area contributed by atoms with Gasteiger partial charge in [0.1, 0.15) is 0 Å². The van der Waals surface area contributed by atoms with Gasteiger partial charge in [-0.15, -0.1) is 0 Å². The Balaban J connectivity index is 1.54. The lowest BCUT2D eigenvalue weighted by Gasteiger charge is -2.13. The van der Waals surface area contributed by atoms with Crippen LogP contribution in [0.15, 0.2) is 121 Å². The normalized spacial score (nSPS) is 11.5. The Kier molecular flexibility index (Phi) is 4.18. The first kappa shape index (κ1) is 19.0. The summed E-state index contributed by atoms with van der Waals surface area (Å²) in [4.78, 5) is 10.0. The summed E-state index contributed by atoms with van der Waals surface area (Å²) in [5.41, 5.74) is 4.04. The number of fused-ring (bicyclic) bond motifs is 7. The van der Waals surface area contributed by atoms with Gasteiger partial charge in [0, 0.05) is 16.5 Å². The van der Waals surface area contributed by atoms with E-state index in [1.165, 1.54) is 32.3 Å². The van der Waals surface area contributed by atoms with Crippen LogP contribution >= 0.6 is 0 Å². The van der Waals surface area contributed by atoms with Crippen molar-refractivity contribution in [2.24, 2.45) is 0 Å². The third kappa shape index (κ3) is 2.89. The second-order valence-corrected chi connectivity index (χ2v) is 8.63. The van der Waals surface area contributed by atoms with Gasteiger partial charge in [-0.05, 0) is 44.5 Å². The maximum absolute atomic E-state index is 5.08. The van der Waals surface area contributed by atoms with Gasteiger partial charge >= 0.3 is 0 Å². The van der Waals surface area contributed by atoms with E-state index in [9.17, 15) is 0 Å². The van der Waals surface area contributed by atoms with Crippen LogP contribution < -0.4 is 0 Å². The van der Waals surface area contributed by atoms with E-state index in [2.05, 4.69) is 103 Å². The highest BCUT2D eigenvalue weighted by atomic mass is 14.9. The summed E-state index contributed by atoms with van der Waals surface area (Å²) >= 11 is 0. The predicted molar refractivity (Wildman–Crippen MR) is 143 cm³/mol. The van der Waals surface area contributed by atoms with Crippen LogP contribution in [0.5, 0.6) is 0 Å². The number of para-hydroxylation sites is 1. The molecule has 7 rings (SSSR count). The van der Waals surface area contributed by atoms with Gasteiger partial charge in [0.05, 0.1) is 11.2 Å². The van der Waals surface area contributed by atoms with Crippen molar-refractivity contribution in [3.63, 3.8) is 0 Å². The van der Waals surface area contributed by atoms with Crippen LogP contribution in [-0.2, 0) is 0 Å². The highest BCUT2D eigenvalue weighted by Gasteiger charge is 2.13. The zero-order valence-electron chi connectivity index (χ0n) is 18.4. The molecule has 1 heterocycles. The molecule has 0 aliphatic heterocycles. The van der Waals surface area contributed by atoms with Crippen molar-refractivity contribution in [1.82, 2.24) is 9.97 Å². The second-order valence-electron chi connectivity index (χ2n) is 8.63. The van der Waals surface area contributed by atoms with Crippen molar-refractivity contribution >= 4 is 43.2 Å². The minimum Gasteiger partial charge on any atom is -0.228 e. The lowest BCUT2D eigenvalue weighted by molar-refractivity contribution is 1.23. The van der Waals surface area contributed by atoms with E-state index in [-0.39, 0.29) is 0 Å². The molecule has 2 heteroatoms. The Morgan fingerprint density at radius 1 is 0.353 bits per heavy atom. The van der Waals surface area contributed by atoms with Crippen LogP contribution in [0.2, 0.25) is 0 Å². The third-order valence-electron chi connectivity index (χ3n) is 6.65. The van der Waals surface area contributed by atoms with Gasteiger partial charge in [-0.25, -0.2) is 9.97 Å². The van der Waals surface area contributed by atoms with Crippen LogP contribution in [0, 0.1) is 0 Å². The molecule has 0 saturated heterocycles. The summed E-state index contributed by atoms with van der Waals surface area (Å²) in [6, 6.07) is 42.5. The van der Waals surface area contributed by atoms with Gasteiger partial charge in [-0.3, -0.25) is 0 Å². The Bertz CT molecular complexity index is 1820. The van der Waals surface area contributed by atoms with E-state index in [1.807, 2.05) is 18.2 Å². The monoisotopic (exact) mass is 432 g/mol. The van der Waals surface area contributed by atoms with Crippen LogP contribution in [0.4, 0.5) is 0 Å². The van der Waals surface area contributed by atoms with Crippen LogP contribution in [0.3, 0.4) is 0 Å². The Morgan fingerprint density at radius 3 is 1.56 bits per heavy atom. The standard InChI is InChI=1S/C32H20N2/c1-2-10-21(11-3-1)31-28-16-8-9-17-30(28)33-32(34-31)22-18-19-27-25-14-5-4-12-23(25)24-13-6-7-15-26(24)29(27)20-22/h1-20H. The SMILES string of the molecule is c1ccc(-c2nc(-c3ccc4c5ccccc5c5ccccc5c4c3)nc3ccccc23)cc1. The Labute approximate surface area is 197 Å². The van der Waals surface area contributed by atoms with Gasteiger partial charge in [-0.2, -0.15) is 0 Å². The molecule has 7 aromatic rings. The molecule has 0 radical (unpaired) electrons. The van der Waals surface area contributed by atoms with Crippen molar-refractivity contribution in [3.05, 3.63) is 121 Å². The van der Waals surface area contributed by atoms with Gasteiger partial charge < -0.3 is 0 Å². The summed E-state index contributed by atoms with van der Waals surface area (Å²) in [6.07, 6.45) is 0. The zero-order valence-corrected chi connectivity index (χ0v) is 18.4. The fraction of sp³-hybridized carbons (Fsp3) is 0. The number of rotatable bonds is 2. The minimum absolute atomic E-state index is 0.747. The topological polar surface area (TPSA) is 25.8 Å². The number of hydrogen-bond donors (Lipinski definition) is 0. The molecule has 0 unspecified atom stereocenters. The van der Waals surface area contributed by atoms with E-state index in [4.69, 9.17) is 9.97 Å². The first-order valence-electron chi connectivity index (χ1n) is 11.5. The summed E-state index contributed by atoms with van der Waals surface area (Å²) in [5, 5.41) is 8.62. The molecule has 0 N–H and O–H groups in total. The molecule has 34 heavy (non-hydrogen) atoms. The van der Waals surface area contributed by atoms with Crippen molar-refractivity contribution in [2.45, 2.75) is 0 Å². The molecule has 158 valence electrons. The quantitative estimate of drug-likeness (QED) is 0.256. The largest absolute Gasteiger partial charge is 0.228 e. The Hall–Kier alpha value is -4.56. The van der Waals surface area contributed by atoms with Gasteiger partial charge in [0.25, 0.3) is 0 Å². The van der Waals surface area contributed by atoms with E-state index in [1.54, 1.807) is 0 Å². The van der Waals surface area contributed by atoms with Crippen LogP contribution in [-0.4, -0.2) is 9.97 Å². The van der Waals surface area contributed by atoms with Crippen LogP contribution in [0.25, 0.3) is 65.9 Å². The molecular formula is C32H20N2. The molecule has 2 nitrogen and oxygen atoms in total. The molecule has 0 saturated carbocycles. The number of hydrogen-bond acceptors (Lipinski definition) is 2. The van der Waals surface area contributed by atoms with Gasteiger partial charge in [-0.1, -0.05) is 109 Å². The maximum atomic E-state index is 5.08. The molecule has 0 aliphatic carbocycles. The molecule has 0 aliphatic rings. The van der Waals surface area contributed by atoms with E-state index in [0.29, 0.717) is 0 Å². The third-order valence-corrected chi connectivity index (χ3v) is 6.65. The lowest BCUT2D eigenvalue weighted by Crippen LogP contribution is -1.95. The van der Waals surface area contributed by atoms with Gasteiger partial charge in [0.2, 0.25) is 0 Å². The fourth-order valence-corrected chi connectivity index (χ4v) is 5.07. The van der Waals surface area contributed by atoms with E-state index in [0.717, 1.165) is 33.5 Å². The highest BCUT2D eigenvalue weighted by Crippen LogP contribution is 2.37. The van der Waals surface area contributed by atoms with Crippen molar-refractivity contribution < 1.29 is 0 Å². The second kappa shape index (κ2) is 7.50. The average Bonchev–Trinajstić information content (AvgIpc) is 2.93. The molecule has 0 fully saturated rings. The molecular weight excluding hydrogens is 412 g/mol. The molecule has 0 amide bonds. The molecule has 0 atom stereocenters. The van der Waals surface area contributed by atoms with Crippen LogP contribution in [0.1, 0.15) is 0 Å². The molecule has 0 spiro atoms. The van der Waals surface area contributed by atoms with E-state index < -0.39 is 0 Å². The van der Waals surface area contributed by atoms with Crippen molar-refractivity contribution in [2.75, 3.05) is 0 Å². The first-order chi connectivity index (χ1) is 16.9. The highest BCUT2D eigenvalue weighted by molar-refractivity contribution is 6.25.